The van der Waals surface area contributed by atoms with E-state index in [0.717, 1.165) is 62.8 Å². The number of hydrogen-bond acceptors (Lipinski definition) is 0. The summed E-state index contributed by atoms with van der Waals surface area (Å²) >= 11 is 0. The maximum atomic E-state index is 12.6. The summed E-state index contributed by atoms with van der Waals surface area (Å²) < 4.78 is 1.68. The Morgan fingerprint density at radius 1 is 0.209 bits per heavy atom. The van der Waals surface area contributed by atoms with Gasteiger partial charge >= 0.3 is 16.5 Å². The van der Waals surface area contributed by atoms with E-state index in [2.05, 4.69) is 91.8 Å². The van der Waals surface area contributed by atoms with Crippen LogP contribution in [-0.2, 0) is 42.2 Å². The predicted molar refractivity (Wildman–Crippen MR) is 495 cm³/mol. The molecule has 2 aromatic carbocycles. The third-order valence-corrected chi connectivity index (χ3v) is 24.0. The minimum absolute atomic E-state index is 0. The Morgan fingerprint density at radius 2 is 0.364 bits per heavy atom. The molecule has 2 nitrogen and oxygen atoms in total. The van der Waals surface area contributed by atoms with Gasteiger partial charge in [0.15, 0.2) is 0 Å². The van der Waals surface area contributed by atoms with Crippen LogP contribution >= 0.6 is 0 Å². The summed E-state index contributed by atoms with van der Waals surface area (Å²) in [7, 11) is 0. The second kappa shape index (κ2) is 85.9. The van der Waals surface area contributed by atoms with E-state index in [-0.39, 0.29) is 16.5 Å². The molecular formula is C107H192N2Ni. The van der Waals surface area contributed by atoms with E-state index in [0.29, 0.717) is 0 Å². The van der Waals surface area contributed by atoms with Gasteiger partial charge in [-0.1, -0.05) is 498 Å². The average molecular weight is 1570 g/mol. The minimum atomic E-state index is 0. The zero-order valence-electron chi connectivity index (χ0n) is 75.8. The molecule has 0 saturated heterocycles. The maximum absolute atomic E-state index is 12.6. The van der Waals surface area contributed by atoms with E-state index < -0.39 is 0 Å². The van der Waals surface area contributed by atoms with Crippen molar-refractivity contribution in [2.45, 2.75) is 563 Å². The number of rotatable bonds is 81. The van der Waals surface area contributed by atoms with Gasteiger partial charge in [-0.15, -0.1) is 0 Å². The van der Waals surface area contributed by atoms with Crippen LogP contribution in [0.5, 0.6) is 0 Å². The number of unbranched alkanes of at least 4 members (excludes halogenated alkanes) is 65. The van der Waals surface area contributed by atoms with Crippen LogP contribution in [0, 0.1) is 13.2 Å². The molecule has 0 aliphatic carbocycles. The summed E-state index contributed by atoms with van der Waals surface area (Å²) in [6, 6.07) is 14.7. The average Bonchev–Trinajstić information content (AvgIpc) is 1.60. The van der Waals surface area contributed by atoms with Crippen LogP contribution in [0.3, 0.4) is 0 Å². The summed E-state index contributed by atoms with van der Waals surface area (Å²) in [5, 5.41) is 0. The van der Waals surface area contributed by atoms with Crippen molar-refractivity contribution in [2.75, 3.05) is 0 Å². The van der Waals surface area contributed by atoms with Gasteiger partial charge < -0.3 is 18.7 Å². The largest absolute Gasteiger partial charge is 2.00 e. The molecule has 0 amide bonds. The minimum Gasteiger partial charge on any atom is -0.518 e. The van der Waals surface area contributed by atoms with Crippen LogP contribution < -0.4 is 0 Å². The fourth-order valence-electron chi connectivity index (χ4n) is 16.9. The molecule has 1 aliphatic heterocycles. The maximum Gasteiger partial charge on any atom is 2.00 e. The molecular weight excluding hydrogens is 1370 g/mol. The van der Waals surface area contributed by atoms with Gasteiger partial charge in [-0.25, -0.2) is 4.70 Å². The Kier molecular flexibility index (Phi) is 83.9. The van der Waals surface area contributed by atoms with Crippen molar-refractivity contribution in [1.82, 2.24) is 0 Å². The number of allylic oxidation sites excluding steroid dienone is 4. The Balaban J connectivity index is 0.00000170. The van der Waals surface area contributed by atoms with Crippen LogP contribution in [0.15, 0.2) is 59.7 Å². The van der Waals surface area contributed by atoms with Gasteiger partial charge in [-0.2, -0.15) is 0 Å². The van der Waals surface area contributed by atoms with Gasteiger partial charge in [0, 0.05) is 22.3 Å². The quantitative estimate of drug-likeness (QED) is 0.0273. The first kappa shape index (κ1) is 107. The van der Waals surface area contributed by atoms with Gasteiger partial charge in [0.05, 0.1) is 0 Å². The Labute approximate surface area is 702 Å². The van der Waals surface area contributed by atoms with Gasteiger partial charge in [-0.3, -0.25) is 12.2 Å². The fraction of sp³-hybridized carbons (Fsp3) is 0.813. The van der Waals surface area contributed by atoms with E-state index in [4.69, 9.17) is 13.2 Å². The van der Waals surface area contributed by atoms with E-state index in [1.165, 1.54) is 500 Å². The summed E-state index contributed by atoms with van der Waals surface area (Å²) in [4.78, 5) is 0. The topological polar surface area (TPSA) is 25.3 Å². The molecule has 0 bridgehead atoms. The first-order chi connectivity index (χ1) is 53.8. The van der Waals surface area contributed by atoms with E-state index in [1.807, 2.05) is 0 Å². The molecule has 0 fully saturated rings. The molecule has 110 heavy (non-hydrogen) atoms. The van der Waals surface area contributed by atoms with Crippen LogP contribution in [0.25, 0.3) is 16.9 Å². The number of benzene rings is 2. The molecule has 1 aliphatic rings. The zero-order chi connectivity index (χ0) is 78.9. The first-order valence-electron chi connectivity index (χ1n) is 50.1. The third-order valence-electron chi connectivity index (χ3n) is 24.0. The summed E-state index contributed by atoms with van der Waals surface area (Å²) in [5.41, 5.74) is 25.8. The summed E-state index contributed by atoms with van der Waals surface area (Å²) in [6.45, 7) is 29.2. The smallest absolute Gasteiger partial charge is 0.518 e. The van der Waals surface area contributed by atoms with Crippen LogP contribution in [0.1, 0.15) is 570 Å². The van der Waals surface area contributed by atoms with Gasteiger partial charge in [0.25, 0.3) is 0 Å². The fourth-order valence-corrected chi connectivity index (χ4v) is 16.9. The van der Waals surface area contributed by atoms with Crippen molar-refractivity contribution < 1.29 is 21.2 Å². The molecule has 0 saturated carbocycles. The van der Waals surface area contributed by atoms with Crippen LogP contribution in [-0.4, -0.2) is 4.70 Å². The molecule has 3 heteroatoms. The second-order valence-electron chi connectivity index (χ2n) is 34.9. The molecule has 640 valence electrons. The molecule has 0 unspecified atom stereocenters. The van der Waals surface area contributed by atoms with Gasteiger partial charge in [-0.05, 0) is 124 Å². The number of aryl methyl sites for hydroxylation is 4. The molecule has 0 aromatic heterocycles. The molecule has 1 heterocycles. The second-order valence-corrected chi connectivity index (χ2v) is 34.9. The van der Waals surface area contributed by atoms with Crippen molar-refractivity contribution in [3.05, 3.63) is 112 Å². The van der Waals surface area contributed by atoms with Crippen molar-refractivity contribution >= 4 is 11.4 Å². The molecule has 0 radical (unpaired) electrons. The first-order valence-corrected chi connectivity index (χ1v) is 50.1. The monoisotopic (exact) mass is 1560 g/mol. The normalized spacial score (nSPS) is 12.1. The van der Waals surface area contributed by atoms with E-state index >= 15 is 0 Å². The molecule has 0 N–H and O–H groups in total. The molecule has 0 spiro atoms. The SMILES string of the molecule is CCCCCCC1=C(c2cc(CCCC)cc(CCCCCC)c2)[N+](=[N-])C(c2cc(CCCC)cc(CCCCCC)c2)=C1CCCCC.[CH-]=CCCCCCCCCCCCCCCCCCCCCCCCCCCCC.[CH-]=CCCCCCCCCCCCCCCCCCCCCCCCCCCCC.[Ni+2]. The Bertz CT molecular complexity index is 2290. The summed E-state index contributed by atoms with van der Waals surface area (Å²) in [6.07, 6.45) is 112. The molecule has 3 rings (SSSR count). The van der Waals surface area contributed by atoms with Crippen LogP contribution in [0.4, 0.5) is 0 Å². The third kappa shape index (κ3) is 63.7. The standard InChI is InChI=1S/C47H74N2.2C30H59.Ni/c1-7-13-19-23-28-40-32-38(26-17-11-5)34-42(36-40)46-44(30-22-16-10-4)45(31-25-21-15-9-3)47(49(46)48)43-35-39(27-18-12-6)33-41(37-43)29-24-20-14-8-2;2*1-3-5-7-9-11-13-15-17-19-21-23-25-27-29-30-28-26-24-22-20-18-16-14-12-10-8-6-4-2;/h32-37H,7-31H2,1-6H3;2*1,3H,4-30H2,2H3;/q;2*-1;+2. The molecule has 2 aromatic rings. The Morgan fingerprint density at radius 3 is 0.564 bits per heavy atom. The predicted octanol–water partition coefficient (Wildman–Crippen LogP) is 38.4. The van der Waals surface area contributed by atoms with Gasteiger partial charge in [0.2, 0.25) is 11.4 Å². The van der Waals surface area contributed by atoms with E-state index in [1.54, 1.807) is 16.8 Å². The van der Waals surface area contributed by atoms with Crippen LogP contribution in [0.2, 0.25) is 0 Å². The zero-order valence-corrected chi connectivity index (χ0v) is 76.8. The Hall–Kier alpha value is -2.51. The summed E-state index contributed by atoms with van der Waals surface area (Å²) in [5.74, 6) is 0. The van der Waals surface area contributed by atoms with Gasteiger partial charge in [0.1, 0.15) is 0 Å². The van der Waals surface area contributed by atoms with Crippen molar-refractivity contribution in [2.24, 2.45) is 0 Å². The van der Waals surface area contributed by atoms with Crippen molar-refractivity contribution in [3.8, 4) is 0 Å². The van der Waals surface area contributed by atoms with Crippen molar-refractivity contribution in [3.63, 3.8) is 0 Å². The number of nitrogens with zero attached hydrogens (tertiary/aromatic N) is 2. The molecule has 0 atom stereocenters. The number of hydrogen-bond donors (Lipinski definition) is 0. The van der Waals surface area contributed by atoms with Crippen molar-refractivity contribution in [1.29, 1.82) is 0 Å². The van der Waals surface area contributed by atoms with E-state index in [9.17, 15) is 5.53 Å².